The molecule has 2 aromatic rings. The van der Waals surface area contributed by atoms with Crippen LogP contribution in [0.25, 0.3) is 0 Å². The van der Waals surface area contributed by atoms with Gasteiger partial charge in [-0.15, -0.1) is 0 Å². The molecule has 5 heteroatoms. The Balaban J connectivity index is 2.13. The molecule has 0 aliphatic heterocycles. The van der Waals surface area contributed by atoms with Crippen molar-refractivity contribution in [2.75, 3.05) is 0 Å². The topological polar surface area (TPSA) is 76.7 Å². The Kier molecular flexibility index (Phi) is 3.53. The van der Waals surface area contributed by atoms with E-state index in [0.717, 1.165) is 11.4 Å². The number of aromatic nitrogens is 3. The van der Waals surface area contributed by atoms with Crippen molar-refractivity contribution in [2.45, 2.75) is 12.5 Å². The molecule has 0 aliphatic carbocycles. The van der Waals surface area contributed by atoms with Crippen LogP contribution in [0.5, 0.6) is 0 Å². The largest absolute Gasteiger partial charge is 0.271 e. The van der Waals surface area contributed by atoms with Gasteiger partial charge in [-0.05, 0) is 18.2 Å². The molecule has 0 aromatic carbocycles. The summed E-state index contributed by atoms with van der Waals surface area (Å²) in [5.41, 5.74) is 4.58. The summed E-state index contributed by atoms with van der Waals surface area (Å²) < 4.78 is 0. The third-order valence-electron chi connectivity index (χ3n) is 2.30. The fourth-order valence-corrected chi connectivity index (χ4v) is 1.48. The van der Waals surface area contributed by atoms with Crippen molar-refractivity contribution < 1.29 is 0 Å². The number of hydrazine groups is 1. The molecule has 0 aliphatic rings. The van der Waals surface area contributed by atoms with E-state index in [4.69, 9.17) is 5.84 Å². The van der Waals surface area contributed by atoms with E-state index in [0.29, 0.717) is 6.42 Å². The number of rotatable bonds is 4. The molecular formula is C11H13N5. The van der Waals surface area contributed by atoms with Gasteiger partial charge in [0.05, 0.1) is 11.7 Å². The highest BCUT2D eigenvalue weighted by molar-refractivity contribution is 5.11. The molecule has 0 radical (unpaired) electrons. The summed E-state index contributed by atoms with van der Waals surface area (Å²) in [5, 5.41) is 0. The van der Waals surface area contributed by atoms with Gasteiger partial charge in [0, 0.05) is 24.5 Å². The quantitative estimate of drug-likeness (QED) is 0.577. The SMILES string of the molecule is NNC(Cc1ccccn1)c1ccncn1. The number of hydrogen-bond acceptors (Lipinski definition) is 5. The van der Waals surface area contributed by atoms with E-state index in [1.807, 2.05) is 24.3 Å². The summed E-state index contributed by atoms with van der Waals surface area (Å²) in [7, 11) is 0. The van der Waals surface area contributed by atoms with Crippen molar-refractivity contribution in [2.24, 2.45) is 5.84 Å². The van der Waals surface area contributed by atoms with Crippen LogP contribution in [0.3, 0.4) is 0 Å². The number of nitrogens with zero attached hydrogens (tertiary/aromatic N) is 3. The van der Waals surface area contributed by atoms with Crippen molar-refractivity contribution in [3.05, 3.63) is 54.4 Å². The Bertz CT molecular complexity index is 417. The minimum atomic E-state index is -0.0436. The van der Waals surface area contributed by atoms with Crippen LogP contribution in [0.4, 0.5) is 0 Å². The molecule has 82 valence electrons. The van der Waals surface area contributed by atoms with Crippen LogP contribution in [0.1, 0.15) is 17.4 Å². The molecule has 2 heterocycles. The zero-order valence-corrected chi connectivity index (χ0v) is 8.74. The van der Waals surface area contributed by atoms with E-state index >= 15 is 0 Å². The fourth-order valence-electron chi connectivity index (χ4n) is 1.48. The summed E-state index contributed by atoms with van der Waals surface area (Å²) in [6.45, 7) is 0. The number of pyridine rings is 1. The predicted octanol–water partition coefficient (Wildman–Crippen LogP) is 0.619. The molecule has 0 bridgehead atoms. The lowest BCUT2D eigenvalue weighted by molar-refractivity contribution is 0.531. The highest BCUT2D eigenvalue weighted by atomic mass is 15.2. The van der Waals surface area contributed by atoms with E-state index in [1.54, 1.807) is 12.4 Å². The third kappa shape index (κ3) is 2.59. The van der Waals surface area contributed by atoms with Gasteiger partial charge in [-0.25, -0.2) is 9.97 Å². The van der Waals surface area contributed by atoms with Gasteiger partial charge in [0.25, 0.3) is 0 Å². The molecule has 0 amide bonds. The number of nitrogens with two attached hydrogens (primary N) is 1. The van der Waals surface area contributed by atoms with Crippen LogP contribution in [-0.4, -0.2) is 15.0 Å². The molecule has 0 saturated heterocycles. The first-order valence-corrected chi connectivity index (χ1v) is 5.02. The molecule has 1 unspecified atom stereocenters. The van der Waals surface area contributed by atoms with Crippen LogP contribution >= 0.6 is 0 Å². The van der Waals surface area contributed by atoms with Crippen LogP contribution in [0.2, 0.25) is 0 Å². The zero-order chi connectivity index (χ0) is 11.2. The monoisotopic (exact) mass is 215 g/mol. The van der Waals surface area contributed by atoms with Crippen molar-refractivity contribution in [3.63, 3.8) is 0 Å². The second-order valence-corrected chi connectivity index (χ2v) is 3.38. The Morgan fingerprint density at radius 1 is 1.19 bits per heavy atom. The Hall–Kier alpha value is -1.85. The summed E-state index contributed by atoms with van der Waals surface area (Å²) >= 11 is 0. The predicted molar refractivity (Wildman–Crippen MR) is 60.0 cm³/mol. The van der Waals surface area contributed by atoms with Gasteiger partial charge in [-0.1, -0.05) is 6.07 Å². The first-order chi connectivity index (χ1) is 7.90. The molecule has 5 nitrogen and oxygen atoms in total. The standard InChI is InChI=1S/C11H13N5/c12-16-11(10-4-6-13-8-15-10)7-9-3-1-2-5-14-9/h1-6,8,11,16H,7,12H2. The maximum atomic E-state index is 5.51. The molecule has 16 heavy (non-hydrogen) atoms. The Morgan fingerprint density at radius 2 is 2.12 bits per heavy atom. The Morgan fingerprint density at radius 3 is 2.75 bits per heavy atom. The molecule has 3 N–H and O–H groups in total. The van der Waals surface area contributed by atoms with Crippen LogP contribution < -0.4 is 11.3 Å². The van der Waals surface area contributed by atoms with Crippen LogP contribution in [0, 0.1) is 0 Å². The van der Waals surface area contributed by atoms with Crippen molar-refractivity contribution in [1.82, 2.24) is 20.4 Å². The molecule has 0 fully saturated rings. The van der Waals surface area contributed by atoms with E-state index in [9.17, 15) is 0 Å². The molecule has 2 rings (SSSR count). The lowest BCUT2D eigenvalue weighted by Crippen LogP contribution is -2.30. The van der Waals surface area contributed by atoms with Gasteiger partial charge >= 0.3 is 0 Å². The van der Waals surface area contributed by atoms with Gasteiger partial charge < -0.3 is 0 Å². The van der Waals surface area contributed by atoms with Crippen molar-refractivity contribution >= 4 is 0 Å². The molecular weight excluding hydrogens is 202 g/mol. The lowest BCUT2D eigenvalue weighted by Gasteiger charge is -2.14. The first kappa shape index (κ1) is 10.7. The number of hydrogen-bond donors (Lipinski definition) is 2. The highest BCUT2D eigenvalue weighted by Crippen LogP contribution is 2.12. The van der Waals surface area contributed by atoms with Gasteiger partial charge in [0.1, 0.15) is 6.33 Å². The molecule has 1 atom stereocenters. The lowest BCUT2D eigenvalue weighted by atomic mass is 10.1. The van der Waals surface area contributed by atoms with Gasteiger partial charge in [0.15, 0.2) is 0 Å². The molecule has 0 saturated carbocycles. The fraction of sp³-hybridized carbons (Fsp3) is 0.182. The second-order valence-electron chi connectivity index (χ2n) is 3.38. The maximum Gasteiger partial charge on any atom is 0.115 e. The average Bonchev–Trinajstić information content (AvgIpc) is 2.38. The minimum Gasteiger partial charge on any atom is -0.271 e. The van der Waals surface area contributed by atoms with Crippen LogP contribution in [0.15, 0.2) is 43.0 Å². The summed E-state index contributed by atoms with van der Waals surface area (Å²) in [4.78, 5) is 12.3. The van der Waals surface area contributed by atoms with Gasteiger partial charge in [-0.3, -0.25) is 16.3 Å². The molecule has 2 aromatic heterocycles. The highest BCUT2D eigenvalue weighted by Gasteiger charge is 2.11. The van der Waals surface area contributed by atoms with E-state index < -0.39 is 0 Å². The third-order valence-corrected chi connectivity index (χ3v) is 2.30. The maximum absolute atomic E-state index is 5.51. The van der Waals surface area contributed by atoms with E-state index in [2.05, 4.69) is 20.4 Å². The van der Waals surface area contributed by atoms with Crippen molar-refractivity contribution in [3.8, 4) is 0 Å². The van der Waals surface area contributed by atoms with Crippen molar-refractivity contribution in [1.29, 1.82) is 0 Å². The second kappa shape index (κ2) is 5.29. The Labute approximate surface area is 93.7 Å². The summed E-state index contributed by atoms with van der Waals surface area (Å²) in [5.74, 6) is 5.51. The van der Waals surface area contributed by atoms with Gasteiger partial charge in [-0.2, -0.15) is 0 Å². The first-order valence-electron chi connectivity index (χ1n) is 5.02. The normalized spacial score (nSPS) is 12.3. The minimum absolute atomic E-state index is 0.0436. The van der Waals surface area contributed by atoms with E-state index in [-0.39, 0.29) is 6.04 Å². The molecule has 0 spiro atoms. The van der Waals surface area contributed by atoms with E-state index in [1.165, 1.54) is 6.33 Å². The zero-order valence-electron chi connectivity index (χ0n) is 8.74. The summed E-state index contributed by atoms with van der Waals surface area (Å²) in [6.07, 6.45) is 5.68. The number of nitrogens with one attached hydrogen (secondary N) is 1. The summed E-state index contributed by atoms with van der Waals surface area (Å²) in [6, 6.07) is 7.60. The average molecular weight is 215 g/mol. The smallest absolute Gasteiger partial charge is 0.115 e. The van der Waals surface area contributed by atoms with Gasteiger partial charge in [0.2, 0.25) is 0 Å². The van der Waals surface area contributed by atoms with Crippen LogP contribution in [-0.2, 0) is 6.42 Å².